The lowest BCUT2D eigenvalue weighted by molar-refractivity contribution is -0.394. The second-order valence-electron chi connectivity index (χ2n) is 3.62. The zero-order valence-electron chi connectivity index (χ0n) is 9.59. The van der Waals surface area contributed by atoms with Crippen molar-refractivity contribution >= 4 is 27.7 Å². The minimum atomic E-state index is -1.01. The number of nitro groups is 1. The van der Waals surface area contributed by atoms with E-state index < -0.39 is 40.4 Å². The third-order valence-corrected chi connectivity index (χ3v) is 2.90. The van der Waals surface area contributed by atoms with E-state index in [-0.39, 0.29) is 4.73 Å². The van der Waals surface area contributed by atoms with Gasteiger partial charge in [0.1, 0.15) is 18.2 Å². The molecule has 104 valence electrons. The monoisotopic (exact) mass is 346 g/mol. The molecule has 1 aromatic heterocycles. The van der Waals surface area contributed by atoms with E-state index in [1.807, 2.05) is 0 Å². The van der Waals surface area contributed by atoms with E-state index >= 15 is 0 Å². The summed E-state index contributed by atoms with van der Waals surface area (Å²) >= 11 is 2.87. The number of ketones is 1. The first kappa shape index (κ1) is 14.2. The highest BCUT2D eigenvalue weighted by molar-refractivity contribution is 9.10. The highest BCUT2D eigenvalue weighted by atomic mass is 79.9. The average Bonchev–Trinajstić information content (AvgIpc) is 2.71. The molecule has 0 aliphatic heterocycles. The van der Waals surface area contributed by atoms with Crippen LogP contribution in [-0.4, -0.2) is 25.5 Å². The van der Waals surface area contributed by atoms with Gasteiger partial charge in [-0.1, -0.05) is 6.07 Å². The van der Waals surface area contributed by atoms with Gasteiger partial charge < -0.3 is 10.1 Å². The van der Waals surface area contributed by atoms with Crippen LogP contribution in [0.3, 0.4) is 0 Å². The number of rotatable bonds is 4. The Morgan fingerprint density at radius 3 is 2.50 bits per heavy atom. The van der Waals surface area contributed by atoms with Crippen molar-refractivity contribution in [2.24, 2.45) is 0 Å². The van der Waals surface area contributed by atoms with E-state index in [0.717, 1.165) is 22.9 Å². The van der Waals surface area contributed by atoms with Gasteiger partial charge in [-0.25, -0.2) is 8.78 Å². The molecule has 0 fully saturated rings. The number of nitrogens with zero attached hydrogens (tertiary/aromatic N) is 4. The van der Waals surface area contributed by atoms with E-state index in [2.05, 4.69) is 26.0 Å². The third kappa shape index (κ3) is 2.69. The van der Waals surface area contributed by atoms with Crippen LogP contribution >= 0.6 is 15.9 Å². The lowest BCUT2D eigenvalue weighted by Gasteiger charge is -2.02. The molecule has 20 heavy (non-hydrogen) atoms. The Hall–Kier alpha value is -2.23. The Labute approximate surface area is 118 Å². The second-order valence-corrected chi connectivity index (χ2v) is 4.32. The first-order chi connectivity index (χ1) is 9.40. The quantitative estimate of drug-likeness (QED) is 0.480. The second kappa shape index (κ2) is 5.41. The van der Waals surface area contributed by atoms with E-state index in [9.17, 15) is 23.7 Å². The van der Waals surface area contributed by atoms with Crippen molar-refractivity contribution in [3.63, 3.8) is 0 Å². The van der Waals surface area contributed by atoms with Crippen molar-refractivity contribution in [3.05, 3.63) is 50.2 Å². The fourth-order valence-electron chi connectivity index (χ4n) is 1.47. The zero-order valence-corrected chi connectivity index (χ0v) is 11.2. The molecule has 0 saturated heterocycles. The lowest BCUT2D eigenvalue weighted by atomic mass is 10.1. The predicted molar refractivity (Wildman–Crippen MR) is 65.1 cm³/mol. The zero-order chi connectivity index (χ0) is 14.9. The summed E-state index contributed by atoms with van der Waals surface area (Å²) in [5, 5.41) is 13.9. The molecule has 0 spiro atoms. The first-order valence-electron chi connectivity index (χ1n) is 5.12. The lowest BCUT2D eigenvalue weighted by Crippen LogP contribution is -2.15. The molecule has 2 rings (SSSR count). The van der Waals surface area contributed by atoms with Gasteiger partial charge in [-0.15, -0.1) is 0 Å². The molecule has 0 amide bonds. The van der Waals surface area contributed by atoms with Gasteiger partial charge in [0.05, 0.1) is 5.56 Å². The molecule has 0 atom stereocenters. The summed E-state index contributed by atoms with van der Waals surface area (Å²) in [6.45, 7) is -0.584. The maximum Gasteiger partial charge on any atom is 0.492 e. The maximum absolute atomic E-state index is 13.4. The predicted octanol–water partition coefficient (Wildman–Crippen LogP) is 2.11. The summed E-state index contributed by atoms with van der Waals surface area (Å²) in [4.78, 5) is 24.9. The number of hydrogen-bond acceptors (Lipinski definition) is 5. The largest absolute Gasteiger partial charge is 0.492 e. The normalized spacial score (nSPS) is 10.6. The van der Waals surface area contributed by atoms with Crippen molar-refractivity contribution in [3.8, 4) is 0 Å². The Morgan fingerprint density at radius 1 is 1.40 bits per heavy atom. The first-order valence-corrected chi connectivity index (χ1v) is 5.91. The Bertz CT molecular complexity index is 684. The molecule has 1 heterocycles. The van der Waals surface area contributed by atoms with Crippen LogP contribution in [0.5, 0.6) is 0 Å². The van der Waals surface area contributed by atoms with Crippen LogP contribution in [-0.2, 0) is 6.54 Å². The molecule has 7 nitrogen and oxygen atoms in total. The van der Waals surface area contributed by atoms with Gasteiger partial charge in [0.2, 0.25) is 0 Å². The molecule has 0 aliphatic rings. The highest BCUT2D eigenvalue weighted by Crippen LogP contribution is 2.16. The number of carbonyl (C=O) groups excluding carboxylic acids is 1. The molecule has 2 aromatic rings. The standard InChI is InChI=1S/C10H5BrF2N4O3/c11-9-14-10(17(19)20)15-16(9)4-7(18)8-5(12)2-1-3-6(8)13/h1-3H,4H2. The number of aromatic nitrogens is 3. The Kier molecular flexibility index (Phi) is 3.84. The van der Waals surface area contributed by atoms with Gasteiger partial charge in [-0.2, -0.15) is 4.68 Å². The van der Waals surface area contributed by atoms with Crippen molar-refractivity contribution in [1.29, 1.82) is 0 Å². The molecular formula is C10H5BrF2N4O3. The van der Waals surface area contributed by atoms with Gasteiger partial charge >= 0.3 is 5.95 Å². The summed E-state index contributed by atoms with van der Waals surface area (Å²) < 4.78 is 27.6. The number of carbonyl (C=O) groups is 1. The molecule has 0 bridgehead atoms. The topological polar surface area (TPSA) is 90.9 Å². The molecule has 0 aliphatic carbocycles. The van der Waals surface area contributed by atoms with Crippen LogP contribution in [0.2, 0.25) is 0 Å². The molecule has 0 radical (unpaired) electrons. The van der Waals surface area contributed by atoms with Gasteiger partial charge in [0, 0.05) is 21.0 Å². The van der Waals surface area contributed by atoms with Crippen molar-refractivity contribution in [1.82, 2.24) is 14.8 Å². The third-order valence-electron chi connectivity index (χ3n) is 2.31. The van der Waals surface area contributed by atoms with Crippen LogP contribution < -0.4 is 0 Å². The van der Waals surface area contributed by atoms with Gasteiger partial charge in [-0.3, -0.25) is 4.79 Å². The molecule has 0 N–H and O–H groups in total. The number of Topliss-reactive ketones (excluding diaryl/α,β-unsaturated/α-hetero) is 1. The molecule has 10 heteroatoms. The van der Waals surface area contributed by atoms with E-state index in [1.165, 1.54) is 0 Å². The molecule has 1 aromatic carbocycles. The highest BCUT2D eigenvalue weighted by Gasteiger charge is 2.24. The van der Waals surface area contributed by atoms with E-state index in [4.69, 9.17) is 0 Å². The number of benzene rings is 1. The van der Waals surface area contributed by atoms with Gasteiger partial charge in [-0.05, 0) is 22.0 Å². The minimum Gasteiger partial charge on any atom is -0.390 e. The van der Waals surface area contributed by atoms with Crippen LogP contribution in [0, 0.1) is 21.7 Å². The average molecular weight is 347 g/mol. The van der Waals surface area contributed by atoms with Crippen LogP contribution in [0.25, 0.3) is 0 Å². The summed E-state index contributed by atoms with van der Waals surface area (Å²) in [7, 11) is 0. The van der Waals surface area contributed by atoms with Gasteiger partial charge in [0.15, 0.2) is 5.78 Å². The molecule has 0 unspecified atom stereocenters. The molecular weight excluding hydrogens is 342 g/mol. The molecule has 0 saturated carbocycles. The SMILES string of the molecule is O=C(Cn1nc([N+](=O)[O-])nc1Br)c1c(F)cccc1F. The van der Waals surface area contributed by atoms with Crippen molar-refractivity contribution in [2.45, 2.75) is 6.54 Å². The van der Waals surface area contributed by atoms with Crippen LogP contribution in [0.15, 0.2) is 22.9 Å². The maximum atomic E-state index is 13.4. The van der Waals surface area contributed by atoms with Gasteiger partial charge in [0.25, 0.3) is 4.73 Å². The van der Waals surface area contributed by atoms with Crippen LogP contribution in [0.1, 0.15) is 10.4 Å². The number of halogens is 3. The van der Waals surface area contributed by atoms with Crippen molar-refractivity contribution in [2.75, 3.05) is 0 Å². The summed E-state index contributed by atoms with van der Waals surface area (Å²) in [6, 6.07) is 3.00. The Morgan fingerprint density at radius 2 is 2.00 bits per heavy atom. The summed E-state index contributed by atoms with van der Waals surface area (Å²) in [6.07, 6.45) is 0. The van der Waals surface area contributed by atoms with E-state index in [1.54, 1.807) is 0 Å². The smallest absolute Gasteiger partial charge is 0.390 e. The van der Waals surface area contributed by atoms with Crippen molar-refractivity contribution < 1.29 is 18.5 Å². The fraction of sp³-hybridized carbons (Fsp3) is 0.100. The summed E-state index contributed by atoms with van der Waals surface area (Å²) in [5.41, 5.74) is -0.724. The Balaban J connectivity index is 2.30. The number of hydrogen-bond donors (Lipinski definition) is 0. The van der Waals surface area contributed by atoms with E-state index in [0.29, 0.717) is 0 Å². The minimum absolute atomic E-state index is 0.0886. The van der Waals surface area contributed by atoms with Crippen LogP contribution in [0.4, 0.5) is 14.7 Å². The fourth-order valence-corrected chi connectivity index (χ4v) is 1.83. The summed E-state index contributed by atoms with van der Waals surface area (Å²) in [5.74, 6) is -3.67.